The summed E-state index contributed by atoms with van der Waals surface area (Å²) >= 11 is 1.49. The number of likely N-dealkylation sites (N-methyl/N-ethyl adjacent to an activating group) is 1. The van der Waals surface area contributed by atoms with E-state index in [4.69, 9.17) is 4.74 Å². The molecule has 0 N–H and O–H groups in total. The lowest BCUT2D eigenvalue weighted by molar-refractivity contribution is 0.0520. The normalized spacial score (nSPS) is 15.7. The fraction of sp³-hybridized carbons (Fsp3) is 0.692. The minimum atomic E-state index is -0.335. The van der Waals surface area contributed by atoms with Crippen LogP contribution in [-0.4, -0.2) is 55.7 Å². The van der Waals surface area contributed by atoms with Gasteiger partial charge in [-0.3, -0.25) is 0 Å². The molecule has 0 bridgehead atoms. The molecule has 2 rings (SSSR count). The fourth-order valence-corrected chi connectivity index (χ4v) is 2.92. The Morgan fingerprint density at radius 3 is 2.95 bits per heavy atom. The highest BCUT2D eigenvalue weighted by molar-refractivity contribution is 7.13. The van der Waals surface area contributed by atoms with Crippen LogP contribution in [0.3, 0.4) is 0 Å². The number of carbonyl (C=O) groups is 1. The van der Waals surface area contributed by atoms with Crippen molar-refractivity contribution >= 4 is 22.4 Å². The summed E-state index contributed by atoms with van der Waals surface area (Å²) < 4.78 is 4.94. The van der Waals surface area contributed by atoms with Gasteiger partial charge in [-0.1, -0.05) is 0 Å². The van der Waals surface area contributed by atoms with Crippen molar-refractivity contribution in [3.05, 3.63) is 11.1 Å². The fourth-order valence-electron chi connectivity index (χ4n) is 2.13. The molecule has 5 nitrogen and oxygen atoms in total. The van der Waals surface area contributed by atoms with E-state index >= 15 is 0 Å². The number of likely N-dealkylation sites (tertiary alicyclic amines) is 1. The Labute approximate surface area is 118 Å². The molecular weight excluding hydrogens is 262 g/mol. The minimum Gasteiger partial charge on any atom is -0.461 e. The van der Waals surface area contributed by atoms with Crippen LogP contribution in [0.15, 0.2) is 5.38 Å². The molecule has 106 valence electrons. The van der Waals surface area contributed by atoms with Crippen LogP contribution in [0.5, 0.6) is 0 Å². The van der Waals surface area contributed by atoms with Gasteiger partial charge < -0.3 is 14.5 Å². The molecule has 1 aliphatic heterocycles. The molecule has 0 unspecified atom stereocenters. The van der Waals surface area contributed by atoms with Gasteiger partial charge in [-0.15, -0.1) is 11.3 Å². The second kappa shape index (κ2) is 6.86. The third-order valence-electron chi connectivity index (χ3n) is 3.25. The van der Waals surface area contributed by atoms with Crippen molar-refractivity contribution < 1.29 is 9.53 Å². The van der Waals surface area contributed by atoms with Crippen molar-refractivity contribution in [3.8, 4) is 0 Å². The van der Waals surface area contributed by atoms with Gasteiger partial charge in [0.1, 0.15) is 0 Å². The molecule has 0 atom stereocenters. The number of hydrogen-bond donors (Lipinski definition) is 0. The van der Waals surface area contributed by atoms with Gasteiger partial charge in [-0.05, 0) is 32.9 Å². The average Bonchev–Trinajstić information content (AvgIpc) is 3.07. The van der Waals surface area contributed by atoms with E-state index in [-0.39, 0.29) is 5.97 Å². The van der Waals surface area contributed by atoms with E-state index in [1.807, 2.05) is 7.05 Å². The largest absolute Gasteiger partial charge is 0.461 e. The number of esters is 1. The van der Waals surface area contributed by atoms with Crippen molar-refractivity contribution in [2.24, 2.45) is 0 Å². The third-order valence-corrected chi connectivity index (χ3v) is 4.21. The number of hydrogen-bond acceptors (Lipinski definition) is 6. The van der Waals surface area contributed by atoms with Crippen molar-refractivity contribution in [2.75, 3.05) is 44.7 Å². The second-order valence-electron chi connectivity index (χ2n) is 4.71. The van der Waals surface area contributed by atoms with Crippen LogP contribution in [-0.2, 0) is 4.74 Å². The quantitative estimate of drug-likeness (QED) is 0.746. The minimum absolute atomic E-state index is 0.335. The highest BCUT2D eigenvalue weighted by Crippen LogP contribution is 2.20. The molecule has 0 radical (unpaired) electrons. The summed E-state index contributed by atoms with van der Waals surface area (Å²) in [6, 6.07) is 0. The predicted molar refractivity (Wildman–Crippen MR) is 77.0 cm³/mol. The second-order valence-corrected chi connectivity index (χ2v) is 5.54. The van der Waals surface area contributed by atoms with Crippen LogP contribution >= 0.6 is 11.3 Å². The summed E-state index contributed by atoms with van der Waals surface area (Å²) in [6.45, 7) is 6.60. The van der Waals surface area contributed by atoms with E-state index in [2.05, 4.69) is 14.8 Å². The first-order valence-electron chi connectivity index (χ1n) is 6.77. The number of carbonyl (C=O) groups excluding carboxylic acids is 1. The maximum atomic E-state index is 11.5. The van der Waals surface area contributed by atoms with E-state index in [1.54, 1.807) is 12.3 Å². The van der Waals surface area contributed by atoms with Crippen LogP contribution < -0.4 is 4.90 Å². The molecule has 0 aromatic carbocycles. The van der Waals surface area contributed by atoms with E-state index in [1.165, 1.54) is 37.3 Å². The maximum absolute atomic E-state index is 11.5. The van der Waals surface area contributed by atoms with E-state index in [9.17, 15) is 4.79 Å². The smallest absolute Gasteiger partial charge is 0.357 e. The van der Waals surface area contributed by atoms with Crippen molar-refractivity contribution in [2.45, 2.75) is 19.8 Å². The van der Waals surface area contributed by atoms with Crippen molar-refractivity contribution in [3.63, 3.8) is 0 Å². The summed E-state index contributed by atoms with van der Waals surface area (Å²) in [5.41, 5.74) is 0.412. The molecule has 0 aliphatic carbocycles. The Morgan fingerprint density at radius 1 is 1.53 bits per heavy atom. The first-order chi connectivity index (χ1) is 9.20. The summed E-state index contributed by atoms with van der Waals surface area (Å²) in [5.74, 6) is -0.335. The molecule has 1 aromatic heterocycles. The molecule has 1 aromatic rings. The van der Waals surface area contributed by atoms with E-state index in [0.717, 1.165) is 18.2 Å². The predicted octanol–water partition coefficient (Wildman–Crippen LogP) is 1.85. The Balaban J connectivity index is 1.84. The van der Waals surface area contributed by atoms with Crippen LogP contribution in [0, 0.1) is 0 Å². The van der Waals surface area contributed by atoms with Gasteiger partial charge in [0.05, 0.1) is 6.61 Å². The molecule has 6 heteroatoms. The molecule has 1 aliphatic rings. The molecule has 1 fully saturated rings. The third kappa shape index (κ3) is 3.91. The van der Waals surface area contributed by atoms with Gasteiger partial charge in [0.15, 0.2) is 10.8 Å². The van der Waals surface area contributed by atoms with Gasteiger partial charge in [0, 0.05) is 25.5 Å². The lowest BCUT2D eigenvalue weighted by Crippen LogP contribution is -2.31. The molecular formula is C13H21N3O2S. The lowest BCUT2D eigenvalue weighted by atomic mass is 10.4. The van der Waals surface area contributed by atoms with Gasteiger partial charge in [0.25, 0.3) is 0 Å². The molecule has 0 spiro atoms. The van der Waals surface area contributed by atoms with Gasteiger partial charge in [-0.2, -0.15) is 0 Å². The van der Waals surface area contributed by atoms with E-state index < -0.39 is 0 Å². The monoisotopic (exact) mass is 283 g/mol. The number of ether oxygens (including phenoxy) is 1. The standard InChI is InChI=1S/C13H21N3O2S/c1-3-18-12(17)11-10-19-13(14-11)15(2)8-9-16-6-4-5-7-16/h10H,3-9H2,1-2H3. The SMILES string of the molecule is CCOC(=O)c1csc(N(C)CCN2CCCC2)n1. The summed E-state index contributed by atoms with van der Waals surface area (Å²) in [7, 11) is 2.02. The first-order valence-corrected chi connectivity index (χ1v) is 7.65. The van der Waals surface area contributed by atoms with Crippen LogP contribution in [0.2, 0.25) is 0 Å². The number of aromatic nitrogens is 1. The lowest BCUT2D eigenvalue weighted by Gasteiger charge is -2.20. The Bertz CT molecular complexity index is 416. The van der Waals surface area contributed by atoms with Gasteiger partial charge in [0.2, 0.25) is 0 Å². The first kappa shape index (κ1) is 14.3. The zero-order valence-corrected chi connectivity index (χ0v) is 12.4. The molecule has 0 amide bonds. The number of rotatable bonds is 6. The topological polar surface area (TPSA) is 45.7 Å². The summed E-state index contributed by atoms with van der Waals surface area (Å²) in [4.78, 5) is 20.4. The Hall–Kier alpha value is -1.14. The molecule has 1 saturated heterocycles. The van der Waals surface area contributed by atoms with Gasteiger partial charge >= 0.3 is 5.97 Å². The van der Waals surface area contributed by atoms with Crippen molar-refractivity contribution in [1.29, 1.82) is 0 Å². The summed E-state index contributed by atoms with van der Waals surface area (Å²) in [5, 5.41) is 2.64. The van der Waals surface area contributed by atoms with Crippen molar-refractivity contribution in [1.82, 2.24) is 9.88 Å². The summed E-state index contributed by atoms with van der Waals surface area (Å²) in [6.07, 6.45) is 2.63. The Kier molecular flexibility index (Phi) is 5.15. The molecule has 0 saturated carbocycles. The zero-order chi connectivity index (χ0) is 13.7. The zero-order valence-electron chi connectivity index (χ0n) is 11.6. The molecule has 19 heavy (non-hydrogen) atoms. The van der Waals surface area contributed by atoms with Gasteiger partial charge in [-0.25, -0.2) is 9.78 Å². The van der Waals surface area contributed by atoms with E-state index in [0.29, 0.717) is 12.3 Å². The number of anilines is 1. The highest BCUT2D eigenvalue weighted by atomic mass is 32.1. The Morgan fingerprint density at radius 2 is 2.26 bits per heavy atom. The molecule has 2 heterocycles. The highest BCUT2D eigenvalue weighted by Gasteiger charge is 2.15. The average molecular weight is 283 g/mol. The number of thiazole rings is 1. The van der Waals surface area contributed by atoms with Crippen LogP contribution in [0.4, 0.5) is 5.13 Å². The maximum Gasteiger partial charge on any atom is 0.357 e. The van der Waals surface area contributed by atoms with Crippen LogP contribution in [0.25, 0.3) is 0 Å². The van der Waals surface area contributed by atoms with Crippen LogP contribution in [0.1, 0.15) is 30.3 Å². The number of nitrogens with zero attached hydrogens (tertiary/aromatic N) is 3.